The molecule has 0 aliphatic carbocycles. The van der Waals surface area contributed by atoms with Crippen LogP contribution in [0.3, 0.4) is 0 Å². The Morgan fingerprint density at radius 1 is 0.261 bits per heavy atom. The minimum Gasteiger partial charge on any atom is -0.427 e. The number of hydrogen-bond acceptors (Lipinski definition) is 4. The molecule has 4 nitrogen and oxygen atoms in total. The summed E-state index contributed by atoms with van der Waals surface area (Å²) in [5, 5.41) is 55.3. The molecular formula is C80H92B2Br2O4. The summed E-state index contributed by atoms with van der Waals surface area (Å²) in [5.74, 6) is 2.37. The van der Waals surface area contributed by atoms with Crippen LogP contribution in [0.25, 0.3) is 86.2 Å². The van der Waals surface area contributed by atoms with E-state index in [1.165, 1.54) is 137 Å². The molecule has 0 aliphatic heterocycles. The van der Waals surface area contributed by atoms with Crippen molar-refractivity contribution in [2.24, 2.45) is 0 Å². The van der Waals surface area contributed by atoms with E-state index in [2.05, 4.69) is 294 Å². The molecule has 0 aliphatic rings. The molecule has 4 N–H and O–H groups in total. The van der Waals surface area contributed by atoms with Gasteiger partial charge in [0.15, 0.2) is 0 Å². The highest BCUT2D eigenvalue weighted by Gasteiger charge is 2.21. The summed E-state index contributed by atoms with van der Waals surface area (Å²) >= 11 is 7.47. The molecule has 0 spiro atoms. The van der Waals surface area contributed by atoms with Crippen molar-refractivity contribution in [3.8, 4) is 0 Å². The van der Waals surface area contributed by atoms with Gasteiger partial charge in [0, 0.05) is 8.95 Å². The van der Waals surface area contributed by atoms with Gasteiger partial charge in [-0.2, -0.15) is 0 Å². The fourth-order valence-electron chi connectivity index (χ4n) is 11.7. The van der Waals surface area contributed by atoms with E-state index in [0.29, 0.717) is 23.7 Å². The highest BCUT2D eigenvalue weighted by molar-refractivity contribution is 9.11. The van der Waals surface area contributed by atoms with Gasteiger partial charge in [-0.3, -0.25) is 0 Å². The van der Waals surface area contributed by atoms with Crippen molar-refractivity contribution in [1.29, 1.82) is 0 Å². The van der Waals surface area contributed by atoms with Crippen LogP contribution in [-0.4, -0.2) is 34.3 Å². The summed E-state index contributed by atoms with van der Waals surface area (Å²) in [5.41, 5.74) is 6.05. The van der Waals surface area contributed by atoms with E-state index < -0.39 is 14.2 Å². The van der Waals surface area contributed by atoms with Gasteiger partial charge in [0.1, 0.15) is 0 Å². The molecule has 0 saturated heterocycles. The summed E-state index contributed by atoms with van der Waals surface area (Å²) in [6.45, 7) is 25.9. The normalized spacial score (nSPS) is 13.1. The molecule has 8 heteroatoms. The number of benzene rings is 12. The summed E-state index contributed by atoms with van der Waals surface area (Å²) in [7, 11) is -2.27. The highest BCUT2D eigenvalue weighted by Crippen LogP contribution is 2.43. The minimum absolute atomic E-state index is 0.0139. The molecule has 6 unspecified atom stereocenters. The summed E-state index contributed by atoms with van der Waals surface area (Å²) < 4.78 is 2.40. The predicted octanol–water partition coefficient (Wildman–Crippen LogP) is 24.1. The van der Waals surface area contributed by atoms with Gasteiger partial charge >= 0.3 is 14.2 Å². The molecule has 0 saturated carbocycles. The molecular weight excluding hydrogens is 1210 g/mol. The lowest BCUT2D eigenvalue weighted by molar-refractivity contribution is 0.385. The topological polar surface area (TPSA) is 80.9 Å². The van der Waals surface area contributed by atoms with E-state index in [-0.39, 0.29) is 11.6 Å². The zero-order chi connectivity index (χ0) is 63.6. The molecule has 0 aromatic heterocycles. The average Bonchev–Trinajstić information content (AvgIpc) is 1.96. The quantitative estimate of drug-likeness (QED) is 0.0726. The second-order valence-electron chi connectivity index (χ2n) is 23.9. The predicted molar refractivity (Wildman–Crippen MR) is 396 cm³/mol. The Hall–Kier alpha value is -6.35. The van der Waals surface area contributed by atoms with Crippen LogP contribution in [-0.2, 0) is 0 Å². The molecule has 0 fully saturated rings. The molecule has 0 amide bonds. The van der Waals surface area contributed by atoms with Crippen molar-refractivity contribution in [2.75, 3.05) is 0 Å². The van der Waals surface area contributed by atoms with E-state index in [1.807, 2.05) is 13.8 Å². The Balaban J connectivity index is 0.000000157. The van der Waals surface area contributed by atoms with Gasteiger partial charge in [-0.15, -0.1) is 0 Å². The van der Waals surface area contributed by atoms with Crippen molar-refractivity contribution in [3.05, 3.63) is 237 Å². The van der Waals surface area contributed by atoms with Crippen LogP contribution in [0.15, 0.2) is 215 Å². The van der Waals surface area contributed by atoms with Gasteiger partial charge in [0.25, 0.3) is 0 Å². The Morgan fingerprint density at radius 3 is 0.670 bits per heavy atom. The fourth-order valence-corrected chi connectivity index (χ4v) is 13.1. The maximum atomic E-state index is 8.38. The Kier molecular flexibility index (Phi) is 26.3. The van der Waals surface area contributed by atoms with Gasteiger partial charge < -0.3 is 20.1 Å². The first-order valence-electron chi connectivity index (χ1n) is 32.2. The average molecular weight is 1300 g/mol. The lowest BCUT2D eigenvalue weighted by Gasteiger charge is -2.22. The molecule has 456 valence electrons. The van der Waals surface area contributed by atoms with E-state index in [1.54, 1.807) is 13.8 Å². The van der Waals surface area contributed by atoms with Crippen molar-refractivity contribution < 1.29 is 20.1 Å². The van der Waals surface area contributed by atoms with Crippen LogP contribution in [0.2, 0.25) is 11.6 Å². The molecule has 12 aromatic carbocycles. The summed E-state index contributed by atoms with van der Waals surface area (Å²) in [6.07, 6.45) is 6.33. The molecule has 0 bridgehead atoms. The monoisotopic (exact) mass is 1300 g/mol. The van der Waals surface area contributed by atoms with Gasteiger partial charge in [-0.25, -0.2) is 0 Å². The SMILES string of the molecule is Brc1c2ccccc2cc2ccccc12.CCC(C)B(O)O.CCC(C)B(O)O.CCC(C)c1c2ccccc2c(Br)c2ccccc12.CCC(C)c1c2ccccc2c(C(C)CC)c2ccccc12.CCC(C)c1c2ccccc2cc2ccccc12. The van der Waals surface area contributed by atoms with Crippen LogP contribution in [0, 0.1) is 0 Å². The lowest BCUT2D eigenvalue weighted by Crippen LogP contribution is -2.16. The zero-order valence-electron chi connectivity index (χ0n) is 54.0. The van der Waals surface area contributed by atoms with Crippen LogP contribution in [0.1, 0.15) is 168 Å². The second-order valence-corrected chi connectivity index (χ2v) is 25.5. The molecule has 0 radical (unpaired) electrons. The Bertz CT molecular complexity index is 3900. The van der Waals surface area contributed by atoms with Crippen LogP contribution < -0.4 is 0 Å². The van der Waals surface area contributed by atoms with E-state index in [4.69, 9.17) is 20.1 Å². The number of rotatable bonds is 12. The van der Waals surface area contributed by atoms with E-state index in [0.717, 1.165) is 19.3 Å². The van der Waals surface area contributed by atoms with Crippen LogP contribution in [0.4, 0.5) is 0 Å². The molecule has 0 heterocycles. The Labute approximate surface area is 543 Å². The number of fused-ring (bicyclic) bond motifs is 8. The third-order valence-corrected chi connectivity index (χ3v) is 19.9. The molecule has 12 rings (SSSR count). The number of hydrogen-bond donors (Lipinski definition) is 4. The smallest absolute Gasteiger partial charge is 0.427 e. The van der Waals surface area contributed by atoms with Crippen LogP contribution in [0.5, 0.6) is 0 Å². The first-order valence-corrected chi connectivity index (χ1v) is 33.7. The van der Waals surface area contributed by atoms with Gasteiger partial charge in [-0.1, -0.05) is 290 Å². The van der Waals surface area contributed by atoms with Gasteiger partial charge in [0.2, 0.25) is 0 Å². The third-order valence-electron chi connectivity index (χ3n) is 18.2. The maximum absolute atomic E-state index is 8.38. The van der Waals surface area contributed by atoms with Crippen molar-refractivity contribution in [2.45, 2.75) is 157 Å². The van der Waals surface area contributed by atoms with Gasteiger partial charge in [-0.05, 0) is 213 Å². The van der Waals surface area contributed by atoms with Gasteiger partial charge in [0.05, 0.1) is 0 Å². The highest BCUT2D eigenvalue weighted by atomic mass is 79.9. The van der Waals surface area contributed by atoms with E-state index in [9.17, 15) is 0 Å². The van der Waals surface area contributed by atoms with Crippen molar-refractivity contribution in [1.82, 2.24) is 0 Å². The second kappa shape index (κ2) is 33.5. The first-order chi connectivity index (χ1) is 42.5. The third kappa shape index (κ3) is 16.3. The first kappa shape index (κ1) is 69.1. The molecule has 88 heavy (non-hydrogen) atoms. The molecule has 12 aromatic rings. The van der Waals surface area contributed by atoms with Crippen molar-refractivity contribution >= 4 is 132 Å². The molecule has 6 atom stereocenters. The fraction of sp³-hybridized carbons (Fsp3) is 0.300. The minimum atomic E-state index is -1.13. The largest absolute Gasteiger partial charge is 0.454 e. The van der Waals surface area contributed by atoms with E-state index >= 15 is 0 Å². The summed E-state index contributed by atoms with van der Waals surface area (Å²) in [6, 6.07) is 74.3. The van der Waals surface area contributed by atoms with Crippen molar-refractivity contribution in [3.63, 3.8) is 0 Å². The maximum Gasteiger partial charge on any atom is 0.454 e. The Morgan fingerprint density at radius 2 is 0.443 bits per heavy atom. The standard InChI is InChI=1S/C22H26.C18H17Br.C18H18.C14H9Br.2C4H11BO2/c1-5-15(3)21-17-11-7-9-13-19(17)22(16(4)6-2)20-14-10-8-12-18(20)21;1-3-12(2)17-13-8-4-6-10-15(13)18(19)16-11-7-5-9-14(16)17;1-3-13(2)18-16-10-6-4-8-14(16)12-15-9-5-7-11-17(15)18;15-14-12-7-3-1-5-10(12)9-11-6-2-4-8-13(11)14;2*1-3-4(2)5(6)7/h7-16H,5-6H2,1-4H3;4-12H,3H2,1-2H3;4-13H,3H2,1-2H3;1-9H;2*4,6-7H,3H2,1-2H3. The zero-order valence-corrected chi connectivity index (χ0v) is 57.2. The lowest BCUT2D eigenvalue weighted by atomic mass is 9.73. The number of halogens is 2. The van der Waals surface area contributed by atoms with Crippen LogP contribution >= 0.6 is 31.9 Å². The summed E-state index contributed by atoms with van der Waals surface area (Å²) in [4.78, 5) is 0.